The highest BCUT2D eigenvalue weighted by molar-refractivity contribution is 6.08. The molecule has 1 unspecified atom stereocenters. The molecular weight excluding hydrogens is 242 g/mol. The molecule has 0 bridgehead atoms. The highest BCUT2D eigenvalue weighted by Gasteiger charge is 2.40. The Morgan fingerprint density at radius 2 is 1.89 bits per heavy atom. The largest absolute Gasteiger partial charge is 0.295 e. The van der Waals surface area contributed by atoms with Crippen molar-refractivity contribution in [1.29, 1.82) is 0 Å². The van der Waals surface area contributed by atoms with Crippen molar-refractivity contribution in [3.05, 3.63) is 47.5 Å². The van der Waals surface area contributed by atoms with Gasteiger partial charge in [0.1, 0.15) is 0 Å². The van der Waals surface area contributed by atoms with Gasteiger partial charge in [-0.15, -0.1) is 0 Å². The molecule has 1 aliphatic carbocycles. The third-order valence-corrected chi connectivity index (χ3v) is 3.84. The monoisotopic (exact) mass is 255 g/mol. The fraction of sp³-hybridized carbons (Fsp3) is 0.267. The first kappa shape index (κ1) is 11.8. The average molecular weight is 255 g/mol. The predicted octanol–water partition coefficient (Wildman–Crippen LogP) is 1.50. The van der Waals surface area contributed by atoms with E-state index in [1.165, 1.54) is 6.08 Å². The van der Waals surface area contributed by atoms with Crippen LogP contribution in [0.1, 0.15) is 35.2 Å². The van der Waals surface area contributed by atoms with Crippen LogP contribution in [0.3, 0.4) is 0 Å². The third-order valence-electron chi connectivity index (χ3n) is 3.84. The number of hydrogen-bond acceptors (Lipinski definition) is 3. The van der Waals surface area contributed by atoms with Crippen LogP contribution in [0.2, 0.25) is 0 Å². The van der Waals surface area contributed by atoms with Crippen molar-refractivity contribution in [2.45, 2.75) is 24.7 Å². The zero-order valence-electron chi connectivity index (χ0n) is 10.3. The van der Waals surface area contributed by atoms with Gasteiger partial charge in [0, 0.05) is 23.8 Å². The molecule has 2 amide bonds. The summed E-state index contributed by atoms with van der Waals surface area (Å²) in [4.78, 5) is 35.2. The summed E-state index contributed by atoms with van der Waals surface area (Å²) < 4.78 is 0. The fourth-order valence-corrected chi connectivity index (χ4v) is 2.87. The maximum absolute atomic E-state index is 12.0. The number of nitrogens with one attached hydrogen (secondary N) is 1. The van der Waals surface area contributed by atoms with Crippen molar-refractivity contribution in [3.63, 3.8) is 0 Å². The molecule has 1 spiro atoms. The van der Waals surface area contributed by atoms with Gasteiger partial charge in [-0.3, -0.25) is 19.7 Å². The number of carbonyl (C=O) groups excluding carboxylic acids is 3. The molecule has 1 aliphatic heterocycles. The first-order valence-corrected chi connectivity index (χ1v) is 6.26. The fourth-order valence-electron chi connectivity index (χ4n) is 2.87. The molecule has 0 aromatic heterocycles. The van der Waals surface area contributed by atoms with Gasteiger partial charge in [0.2, 0.25) is 5.91 Å². The quantitative estimate of drug-likeness (QED) is 0.715. The molecule has 1 atom stereocenters. The van der Waals surface area contributed by atoms with Crippen molar-refractivity contribution in [3.8, 4) is 0 Å². The number of fused-ring (bicyclic) bond motifs is 2. The van der Waals surface area contributed by atoms with E-state index >= 15 is 0 Å². The molecule has 3 rings (SSSR count). The molecule has 0 radical (unpaired) electrons. The van der Waals surface area contributed by atoms with Crippen molar-refractivity contribution in [2.24, 2.45) is 0 Å². The molecular formula is C15H13NO3. The van der Waals surface area contributed by atoms with E-state index in [-0.39, 0.29) is 24.0 Å². The summed E-state index contributed by atoms with van der Waals surface area (Å²) in [5.41, 5.74) is 0.829. The predicted molar refractivity (Wildman–Crippen MR) is 68.6 cm³/mol. The molecule has 19 heavy (non-hydrogen) atoms. The normalized spacial score (nSPS) is 26.0. The van der Waals surface area contributed by atoms with Crippen LogP contribution >= 0.6 is 0 Å². The first-order valence-electron chi connectivity index (χ1n) is 6.26. The molecule has 4 nitrogen and oxygen atoms in total. The van der Waals surface area contributed by atoms with E-state index < -0.39 is 5.41 Å². The Bertz CT molecular complexity index is 618. The number of carbonyl (C=O) groups is 3. The van der Waals surface area contributed by atoms with Gasteiger partial charge in [0.05, 0.1) is 0 Å². The van der Waals surface area contributed by atoms with Crippen LogP contribution in [0.4, 0.5) is 0 Å². The molecule has 2 aliphatic rings. The van der Waals surface area contributed by atoms with Gasteiger partial charge < -0.3 is 0 Å². The van der Waals surface area contributed by atoms with E-state index in [1.54, 1.807) is 18.2 Å². The van der Waals surface area contributed by atoms with E-state index in [0.29, 0.717) is 18.4 Å². The van der Waals surface area contributed by atoms with Crippen LogP contribution in [0.15, 0.2) is 36.4 Å². The smallest absolute Gasteiger partial charge is 0.258 e. The van der Waals surface area contributed by atoms with Crippen LogP contribution in [-0.4, -0.2) is 17.6 Å². The lowest BCUT2D eigenvalue weighted by Gasteiger charge is -2.32. The highest BCUT2D eigenvalue weighted by Crippen LogP contribution is 2.40. The number of imide groups is 1. The Morgan fingerprint density at radius 3 is 2.63 bits per heavy atom. The van der Waals surface area contributed by atoms with Gasteiger partial charge in [-0.25, -0.2) is 0 Å². The summed E-state index contributed by atoms with van der Waals surface area (Å²) in [5, 5.41) is 2.38. The number of ketones is 1. The Hall–Kier alpha value is -2.23. The molecule has 96 valence electrons. The van der Waals surface area contributed by atoms with Crippen molar-refractivity contribution >= 4 is 17.6 Å². The molecule has 0 fully saturated rings. The van der Waals surface area contributed by atoms with Crippen LogP contribution in [-0.2, 0) is 15.0 Å². The molecule has 1 aromatic carbocycles. The summed E-state index contributed by atoms with van der Waals surface area (Å²) in [6.07, 6.45) is 4.51. The maximum Gasteiger partial charge on any atom is 0.258 e. The van der Waals surface area contributed by atoms with E-state index in [1.807, 2.05) is 12.1 Å². The second-order valence-electron chi connectivity index (χ2n) is 5.06. The van der Waals surface area contributed by atoms with Gasteiger partial charge >= 0.3 is 0 Å². The van der Waals surface area contributed by atoms with E-state index in [2.05, 4.69) is 5.32 Å². The zero-order chi connectivity index (χ0) is 13.5. The zero-order valence-corrected chi connectivity index (χ0v) is 10.3. The summed E-state index contributed by atoms with van der Waals surface area (Å²) in [6, 6.07) is 7.22. The van der Waals surface area contributed by atoms with Gasteiger partial charge in [-0.05, 0) is 24.1 Å². The third kappa shape index (κ3) is 1.89. The molecule has 1 aromatic rings. The molecule has 0 saturated heterocycles. The van der Waals surface area contributed by atoms with Gasteiger partial charge in [-0.2, -0.15) is 0 Å². The average Bonchev–Trinajstić information content (AvgIpc) is 2.50. The van der Waals surface area contributed by atoms with Crippen molar-refractivity contribution < 1.29 is 14.4 Å². The molecule has 1 N–H and O–H groups in total. The number of benzene rings is 1. The summed E-state index contributed by atoms with van der Waals surface area (Å²) in [5.74, 6) is -0.581. The topological polar surface area (TPSA) is 63.2 Å². The van der Waals surface area contributed by atoms with Crippen LogP contribution in [0.25, 0.3) is 0 Å². The minimum atomic E-state index is -0.527. The standard InChI is InChI=1S/C15H13NO3/c17-10-5-7-15(8-6-10)9-13(18)16-14(19)11-3-1-2-4-12(11)15/h1-5,7H,6,8-9H2,(H,16,18,19). The van der Waals surface area contributed by atoms with Crippen LogP contribution in [0, 0.1) is 0 Å². The van der Waals surface area contributed by atoms with Crippen LogP contribution in [0.5, 0.6) is 0 Å². The number of rotatable bonds is 0. The maximum atomic E-state index is 12.0. The summed E-state index contributed by atoms with van der Waals surface area (Å²) >= 11 is 0. The van der Waals surface area contributed by atoms with Gasteiger partial charge in [0.15, 0.2) is 5.78 Å². The Kier molecular flexibility index (Phi) is 2.59. The van der Waals surface area contributed by atoms with Gasteiger partial charge in [-0.1, -0.05) is 24.3 Å². The second kappa shape index (κ2) is 4.16. The molecule has 1 heterocycles. The number of amides is 2. The minimum absolute atomic E-state index is 0.0686. The van der Waals surface area contributed by atoms with Gasteiger partial charge in [0.25, 0.3) is 5.91 Å². The van der Waals surface area contributed by atoms with E-state index in [4.69, 9.17) is 0 Å². The Labute approximate surface area is 110 Å². The lowest BCUT2D eigenvalue weighted by Crippen LogP contribution is -2.33. The lowest BCUT2D eigenvalue weighted by molar-refractivity contribution is -0.122. The lowest BCUT2D eigenvalue weighted by atomic mass is 9.70. The Morgan fingerprint density at radius 1 is 1.11 bits per heavy atom. The summed E-state index contributed by atoms with van der Waals surface area (Å²) in [6.45, 7) is 0. The number of allylic oxidation sites excluding steroid dienone is 2. The molecule has 0 saturated carbocycles. The van der Waals surface area contributed by atoms with E-state index in [0.717, 1.165) is 5.56 Å². The van der Waals surface area contributed by atoms with Crippen LogP contribution < -0.4 is 5.32 Å². The Balaban J connectivity index is 2.21. The first-order chi connectivity index (χ1) is 9.11. The number of hydrogen-bond donors (Lipinski definition) is 1. The van der Waals surface area contributed by atoms with E-state index in [9.17, 15) is 14.4 Å². The highest BCUT2D eigenvalue weighted by atomic mass is 16.2. The minimum Gasteiger partial charge on any atom is -0.295 e. The second-order valence-corrected chi connectivity index (χ2v) is 5.06. The van der Waals surface area contributed by atoms with Crippen molar-refractivity contribution in [2.75, 3.05) is 0 Å². The molecule has 4 heteroatoms. The SMILES string of the molecule is O=C1C=CC2(CC1)CC(=O)NC(=O)c1ccccc12. The summed E-state index contributed by atoms with van der Waals surface area (Å²) in [7, 11) is 0. The van der Waals surface area contributed by atoms with Crippen molar-refractivity contribution in [1.82, 2.24) is 5.32 Å².